The normalized spacial score (nSPS) is 24.6. The van der Waals surface area contributed by atoms with Crippen LogP contribution >= 0.6 is 0 Å². The fraction of sp³-hybridized carbons (Fsp3) is 0.357. The number of hydroxylamine groups is 2. The van der Waals surface area contributed by atoms with E-state index in [9.17, 15) is 4.79 Å². The first kappa shape index (κ1) is 10.7. The monoisotopic (exact) mass is 229 g/mol. The van der Waals surface area contributed by atoms with Crippen molar-refractivity contribution in [3.8, 4) is 0 Å². The maximum absolute atomic E-state index is 11.3. The summed E-state index contributed by atoms with van der Waals surface area (Å²) < 4.78 is 0. The molecule has 3 nitrogen and oxygen atoms in total. The molecule has 0 aromatic heterocycles. The van der Waals surface area contributed by atoms with Gasteiger partial charge in [0.25, 0.3) is 0 Å². The van der Waals surface area contributed by atoms with Crippen molar-refractivity contribution in [2.75, 3.05) is 13.2 Å². The molecule has 1 aromatic rings. The second-order valence-electron chi connectivity index (χ2n) is 4.67. The highest BCUT2D eigenvalue weighted by atomic mass is 16.7. The number of hydrogen-bond acceptors (Lipinski definition) is 3. The lowest BCUT2D eigenvalue weighted by Gasteiger charge is -2.31. The van der Waals surface area contributed by atoms with Gasteiger partial charge in [-0.15, -0.1) is 0 Å². The van der Waals surface area contributed by atoms with Crippen molar-refractivity contribution in [1.29, 1.82) is 0 Å². The fourth-order valence-electron chi connectivity index (χ4n) is 2.46. The number of ketones is 1. The van der Waals surface area contributed by atoms with Crippen LogP contribution in [-0.4, -0.2) is 24.0 Å². The van der Waals surface area contributed by atoms with Gasteiger partial charge >= 0.3 is 0 Å². The molecule has 0 amide bonds. The van der Waals surface area contributed by atoms with Gasteiger partial charge in [0.1, 0.15) is 0 Å². The molecule has 1 heterocycles. The van der Waals surface area contributed by atoms with E-state index in [0.717, 1.165) is 13.1 Å². The van der Waals surface area contributed by atoms with E-state index in [1.165, 1.54) is 11.1 Å². The topological polar surface area (TPSA) is 29.5 Å². The fourth-order valence-corrected chi connectivity index (χ4v) is 2.46. The third-order valence-electron chi connectivity index (χ3n) is 3.36. The number of hydrogen-bond donors (Lipinski definition) is 0. The molecule has 0 N–H and O–H groups in total. The van der Waals surface area contributed by atoms with Crippen LogP contribution in [0.1, 0.15) is 12.0 Å². The van der Waals surface area contributed by atoms with Crippen molar-refractivity contribution >= 4 is 5.78 Å². The molecule has 1 saturated heterocycles. The van der Waals surface area contributed by atoms with E-state index in [2.05, 4.69) is 12.1 Å². The van der Waals surface area contributed by atoms with E-state index >= 15 is 0 Å². The largest absolute Gasteiger partial charge is 0.295 e. The van der Waals surface area contributed by atoms with E-state index in [1.54, 1.807) is 6.08 Å². The Labute approximate surface area is 101 Å². The number of allylic oxidation sites excluding steroid dienone is 1. The Bertz CT molecular complexity index is 453. The molecule has 88 valence electrons. The number of benzene rings is 1. The Hall–Kier alpha value is -1.45. The van der Waals surface area contributed by atoms with Gasteiger partial charge in [-0.25, -0.2) is 0 Å². The molecule has 1 aliphatic heterocycles. The number of carbonyl (C=O) groups is 1. The van der Waals surface area contributed by atoms with Gasteiger partial charge in [0.2, 0.25) is 0 Å². The van der Waals surface area contributed by atoms with Crippen LogP contribution < -0.4 is 0 Å². The summed E-state index contributed by atoms with van der Waals surface area (Å²) in [6.07, 6.45) is 2.41. The molecule has 1 aromatic carbocycles. The third kappa shape index (κ3) is 2.30. The minimum absolute atomic E-state index is 0.246. The highest BCUT2D eigenvalue weighted by Gasteiger charge is 2.31. The molecule has 3 heteroatoms. The average molecular weight is 229 g/mol. The van der Waals surface area contributed by atoms with Crippen molar-refractivity contribution in [2.24, 2.45) is 5.92 Å². The average Bonchev–Trinajstić information content (AvgIpc) is 2.70. The first-order chi connectivity index (χ1) is 8.31. The zero-order valence-corrected chi connectivity index (χ0v) is 9.63. The minimum atomic E-state index is 0.246. The Morgan fingerprint density at radius 1 is 1.29 bits per heavy atom. The Balaban J connectivity index is 1.64. The van der Waals surface area contributed by atoms with Crippen LogP contribution in [-0.2, 0) is 16.2 Å². The van der Waals surface area contributed by atoms with E-state index in [1.807, 2.05) is 23.3 Å². The second-order valence-corrected chi connectivity index (χ2v) is 4.67. The summed E-state index contributed by atoms with van der Waals surface area (Å²) in [5.74, 6) is 0.620. The van der Waals surface area contributed by atoms with Gasteiger partial charge in [-0.2, -0.15) is 5.06 Å². The van der Waals surface area contributed by atoms with Gasteiger partial charge in [-0.05, 0) is 17.2 Å². The van der Waals surface area contributed by atoms with Crippen molar-refractivity contribution in [2.45, 2.75) is 13.0 Å². The van der Waals surface area contributed by atoms with Crippen molar-refractivity contribution in [3.05, 3.63) is 47.5 Å². The number of carbonyl (C=O) groups excluding carboxylic acids is 1. The van der Waals surface area contributed by atoms with Gasteiger partial charge in [0.15, 0.2) is 5.78 Å². The second kappa shape index (κ2) is 4.43. The highest BCUT2D eigenvalue weighted by molar-refractivity contribution is 5.93. The molecular weight excluding hydrogens is 214 g/mol. The summed E-state index contributed by atoms with van der Waals surface area (Å²) in [7, 11) is 0. The van der Waals surface area contributed by atoms with Crippen LogP contribution in [0, 0.1) is 5.92 Å². The molecule has 17 heavy (non-hydrogen) atoms. The molecular formula is C14H15NO2. The Kier molecular flexibility index (Phi) is 2.79. The van der Waals surface area contributed by atoms with Gasteiger partial charge in [0, 0.05) is 25.4 Å². The van der Waals surface area contributed by atoms with E-state index in [4.69, 9.17) is 4.84 Å². The lowest BCUT2D eigenvalue weighted by molar-refractivity contribution is -0.182. The Morgan fingerprint density at radius 3 is 2.94 bits per heavy atom. The maximum Gasteiger partial charge on any atom is 0.156 e. The molecule has 0 bridgehead atoms. The third-order valence-corrected chi connectivity index (χ3v) is 3.36. The quantitative estimate of drug-likeness (QED) is 0.776. The zero-order chi connectivity index (χ0) is 11.7. The maximum atomic E-state index is 11.3. The molecule has 0 saturated carbocycles. The van der Waals surface area contributed by atoms with Crippen LogP contribution in [0.25, 0.3) is 0 Å². The summed E-state index contributed by atoms with van der Waals surface area (Å²) >= 11 is 0. The predicted octanol–water partition coefficient (Wildman–Crippen LogP) is 1.95. The van der Waals surface area contributed by atoms with Crippen LogP contribution in [0.2, 0.25) is 0 Å². The number of nitrogens with zero attached hydrogens (tertiary/aromatic N) is 1. The molecule has 1 aliphatic carbocycles. The Morgan fingerprint density at radius 2 is 2.12 bits per heavy atom. The van der Waals surface area contributed by atoms with Gasteiger partial charge in [0.05, 0.1) is 6.61 Å². The van der Waals surface area contributed by atoms with E-state index in [-0.39, 0.29) is 5.78 Å². The SMILES string of the molecule is O=C1C=C2CON(Cc3ccccc3)CC2C1. The van der Waals surface area contributed by atoms with Gasteiger partial charge in [-0.1, -0.05) is 30.3 Å². The molecule has 1 fully saturated rings. The van der Waals surface area contributed by atoms with E-state index in [0.29, 0.717) is 18.9 Å². The molecule has 0 radical (unpaired) electrons. The van der Waals surface area contributed by atoms with Crippen LogP contribution in [0.5, 0.6) is 0 Å². The summed E-state index contributed by atoms with van der Waals surface area (Å²) in [6.45, 7) is 2.19. The van der Waals surface area contributed by atoms with Crippen molar-refractivity contribution < 1.29 is 9.63 Å². The van der Waals surface area contributed by atoms with Gasteiger partial charge < -0.3 is 0 Å². The molecule has 1 unspecified atom stereocenters. The lowest BCUT2D eigenvalue weighted by atomic mass is 10.0. The predicted molar refractivity (Wildman–Crippen MR) is 64.0 cm³/mol. The highest BCUT2D eigenvalue weighted by Crippen LogP contribution is 2.29. The summed E-state index contributed by atoms with van der Waals surface area (Å²) in [5, 5.41) is 1.97. The number of fused-ring (bicyclic) bond motifs is 1. The van der Waals surface area contributed by atoms with E-state index < -0.39 is 0 Å². The van der Waals surface area contributed by atoms with Crippen molar-refractivity contribution in [1.82, 2.24) is 5.06 Å². The van der Waals surface area contributed by atoms with Crippen LogP contribution in [0.3, 0.4) is 0 Å². The smallest absolute Gasteiger partial charge is 0.156 e. The molecule has 3 rings (SSSR count). The van der Waals surface area contributed by atoms with Gasteiger partial charge in [-0.3, -0.25) is 9.63 Å². The number of rotatable bonds is 2. The molecule has 1 atom stereocenters. The summed E-state index contributed by atoms with van der Waals surface area (Å²) in [5.41, 5.74) is 2.41. The minimum Gasteiger partial charge on any atom is -0.295 e. The standard InChI is InChI=1S/C14H15NO2/c16-14-6-12-9-15(17-10-13(12)7-14)8-11-4-2-1-3-5-11/h1-5,7,12H,6,8-10H2. The first-order valence-electron chi connectivity index (χ1n) is 5.96. The zero-order valence-electron chi connectivity index (χ0n) is 9.63. The first-order valence-corrected chi connectivity index (χ1v) is 5.96. The summed E-state index contributed by atoms with van der Waals surface area (Å²) in [4.78, 5) is 17.0. The van der Waals surface area contributed by atoms with Crippen molar-refractivity contribution in [3.63, 3.8) is 0 Å². The van der Waals surface area contributed by atoms with Crippen LogP contribution in [0.15, 0.2) is 42.0 Å². The molecule has 0 spiro atoms. The molecule has 2 aliphatic rings. The van der Waals surface area contributed by atoms with Crippen LogP contribution in [0.4, 0.5) is 0 Å². The summed E-state index contributed by atoms with van der Waals surface area (Å²) in [6, 6.07) is 10.3. The lowest BCUT2D eigenvalue weighted by Crippen LogP contribution is -2.36.